The molecule has 2 aliphatic carbocycles. The summed E-state index contributed by atoms with van der Waals surface area (Å²) in [5.41, 5.74) is 0. The van der Waals surface area contributed by atoms with Crippen molar-refractivity contribution in [3.8, 4) is 0 Å². The van der Waals surface area contributed by atoms with E-state index in [2.05, 4.69) is 27.4 Å². The monoisotopic (exact) mass is 452 g/mol. The first kappa shape index (κ1) is 25.5. The molecule has 2 saturated carbocycles. The average molecular weight is 453 g/mol. The number of esters is 2. The molecule has 7 nitrogen and oxygen atoms in total. The van der Waals surface area contributed by atoms with Crippen LogP contribution in [0.25, 0.3) is 0 Å². The highest BCUT2D eigenvalue weighted by Crippen LogP contribution is 2.48. The van der Waals surface area contributed by atoms with E-state index in [9.17, 15) is 19.2 Å². The van der Waals surface area contributed by atoms with Crippen LogP contribution in [-0.2, 0) is 33.1 Å². The van der Waals surface area contributed by atoms with Crippen LogP contribution in [0, 0.1) is 29.6 Å². The van der Waals surface area contributed by atoms with Crippen molar-refractivity contribution in [1.29, 1.82) is 0 Å². The Morgan fingerprint density at radius 2 is 1.65 bits per heavy atom. The van der Waals surface area contributed by atoms with Gasteiger partial charge in [0.15, 0.2) is 8.32 Å². The van der Waals surface area contributed by atoms with E-state index in [0.717, 1.165) is 0 Å². The van der Waals surface area contributed by atoms with Crippen LogP contribution in [0.3, 0.4) is 0 Å². The topological polar surface area (TPSA) is 96.0 Å². The number of Topliss-reactive ketones (excluding diaryl/α,β-unsaturated/α-hetero) is 2. The van der Waals surface area contributed by atoms with E-state index in [1.807, 2.05) is 13.1 Å². The van der Waals surface area contributed by atoms with Crippen molar-refractivity contribution in [2.45, 2.75) is 64.3 Å². The van der Waals surface area contributed by atoms with Crippen molar-refractivity contribution in [1.82, 2.24) is 0 Å². The molecule has 31 heavy (non-hydrogen) atoms. The van der Waals surface area contributed by atoms with Crippen molar-refractivity contribution in [2.75, 3.05) is 14.2 Å². The Balaban J connectivity index is 2.68. The molecule has 0 aromatic heterocycles. The third kappa shape index (κ3) is 4.85. The van der Waals surface area contributed by atoms with Gasteiger partial charge >= 0.3 is 11.9 Å². The summed E-state index contributed by atoms with van der Waals surface area (Å²) in [7, 11) is 0.0865. The summed E-state index contributed by atoms with van der Waals surface area (Å²) >= 11 is 0. The van der Waals surface area contributed by atoms with Gasteiger partial charge in [0.2, 0.25) is 0 Å². The fraction of sp³-hybridized carbons (Fsp3) is 0.739. The maximum absolute atomic E-state index is 13.5. The zero-order valence-corrected chi connectivity index (χ0v) is 20.7. The molecule has 0 aliphatic heterocycles. The number of ketones is 2. The largest absolute Gasteiger partial charge is 0.469 e. The summed E-state index contributed by atoms with van der Waals surface area (Å²) in [6.07, 6.45) is 1.49. The summed E-state index contributed by atoms with van der Waals surface area (Å²) < 4.78 is 16.7. The number of rotatable bonds is 6. The number of allylic oxidation sites excluding steroid dienone is 1. The van der Waals surface area contributed by atoms with Crippen molar-refractivity contribution in [3.63, 3.8) is 0 Å². The molecule has 8 heteroatoms. The van der Waals surface area contributed by atoms with Gasteiger partial charge < -0.3 is 13.9 Å². The highest BCUT2D eigenvalue weighted by Gasteiger charge is 2.59. The van der Waals surface area contributed by atoms with Gasteiger partial charge in [-0.1, -0.05) is 26.8 Å². The zero-order chi connectivity index (χ0) is 23.7. The molecule has 0 radical (unpaired) electrons. The number of carbonyl (C=O) groups excluding carboxylic acids is 4. The minimum atomic E-state index is -2.41. The Morgan fingerprint density at radius 3 is 2.13 bits per heavy atom. The summed E-state index contributed by atoms with van der Waals surface area (Å²) in [4.78, 5) is 52.4. The highest BCUT2D eigenvalue weighted by molar-refractivity contribution is 6.74. The fourth-order valence-electron chi connectivity index (χ4n) is 4.69. The molecule has 0 aromatic carbocycles. The Kier molecular flexibility index (Phi) is 7.69. The third-order valence-electron chi connectivity index (χ3n) is 7.34. The van der Waals surface area contributed by atoms with Crippen molar-refractivity contribution < 1.29 is 33.1 Å². The molecule has 2 bridgehead atoms. The summed E-state index contributed by atoms with van der Waals surface area (Å²) in [5.74, 6) is -5.93. The highest BCUT2D eigenvalue weighted by atomic mass is 28.4. The molecule has 0 spiro atoms. The molecule has 0 aromatic rings. The van der Waals surface area contributed by atoms with Gasteiger partial charge in [-0.05, 0) is 36.9 Å². The lowest BCUT2D eigenvalue weighted by Gasteiger charge is -2.41. The Labute approximate surface area is 186 Å². The number of hydrogen-bond acceptors (Lipinski definition) is 7. The van der Waals surface area contributed by atoms with Gasteiger partial charge in [0.1, 0.15) is 11.6 Å². The lowest BCUT2D eigenvalue weighted by atomic mass is 9.65. The van der Waals surface area contributed by atoms with E-state index in [4.69, 9.17) is 13.9 Å². The Bertz CT molecular complexity index is 752. The molecule has 0 saturated heterocycles. The van der Waals surface area contributed by atoms with Crippen LogP contribution in [0.15, 0.2) is 12.7 Å². The van der Waals surface area contributed by atoms with Crippen LogP contribution in [0.5, 0.6) is 0 Å². The number of fused-ring (bicyclic) bond motifs is 2. The smallest absolute Gasteiger partial charge is 0.312 e. The molecule has 0 amide bonds. The molecular weight excluding hydrogens is 416 g/mol. The van der Waals surface area contributed by atoms with Gasteiger partial charge in [-0.2, -0.15) is 0 Å². The van der Waals surface area contributed by atoms with Gasteiger partial charge in [-0.25, -0.2) is 0 Å². The summed E-state index contributed by atoms with van der Waals surface area (Å²) in [5, 5.41) is -0.171. The Hall–Kier alpha value is -1.80. The molecule has 2 aliphatic rings. The number of ether oxygens (including phenoxy) is 2. The quantitative estimate of drug-likeness (QED) is 0.264. The first-order valence-electron chi connectivity index (χ1n) is 10.8. The number of hydrogen-bond donors (Lipinski definition) is 0. The number of methoxy groups -OCH3 is 2. The second kappa shape index (κ2) is 9.36. The van der Waals surface area contributed by atoms with Gasteiger partial charge in [0.05, 0.1) is 38.1 Å². The van der Waals surface area contributed by atoms with E-state index < -0.39 is 55.9 Å². The summed E-state index contributed by atoms with van der Waals surface area (Å²) in [6.45, 7) is 14.0. The van der Waals surface area contributed by atoms with Crippen molar-refractivity contribution >= 4 is 31.8 Å². The third-order valence-corrected chi connectivity index (χ3v) is 11.8. The van der Waals surface area contributed by atoms with E-state index in [1.54, 1.807) is 6.08 Å². The predicted octanol–water partition coefficient (Wildman–Crippen LogP) is 3.33. The van der Waals surface area contributed by atoms with Crippen LogP contribution in [0.1, 0.15) is 40.0 Å². The van der Waals surface area contributed by atoms with Crippen LogP contribution < -0.4 is 0 Å². The van der Waals surface area contributed by atoms with Gasteiger partial charge in [0.25, 0.3) is 0 Å². The van der Waals surface area contributed by atoms with E-state index in [0.29, 0.717) is 6.42 Å². The molecular formula is C23H36O7Si. The molecule has 2 fully saturated rings. The van der Waals surface area contributed by atoms with Crippen LogP contribution in [0.2, 0.25) is 18.1 Å². The first-order valence-corrected chi connectivity index (χ1v) is 13.7. The normalized spacial score (nSPS) is 31.6. The van der Waals surface area contributed by atoms with E-state index in [1.165, 1.54) is 14.2 Å². The molecule has 2 rings (SSSR count). The molecule has 0 heterocycles. The van der Waals surface area contributed by atoms with Gasteiger partial charge in [-0.3, -0.25) is 19.2 Å². The second-order valence-electron chi connectivity index (χ2n) is 10.2. The minimum absolute atomic E-state index is 0.0781. The fourth-order valence-corrected chi connectivity index (χ4v) is 6.04. The number of carbonyl (C=O) groups is 4. The van der Waals surface area contributed by atoms with Gasteiger partial charge in [-0.15, -0.1) is 6.58 Å². The van der Waals surface area contributed by atoms with E-state index in [-0.39, 0.29) is 29.4 Å². The van der Waals surface area contributed by atoms with Crippen LogP contribution in [0.4, 0.5) is 0 Å². The van der Waals surface area contributed by atoms with E-state index >= 15 is 0 Å². The van der Waals surface area contributed by atoms with Crippen LogP contribution >= 0.6 is 0 Å². The second-order valence-corrected chi connectivity index (χ2v) is 14.9. The summed E-state index contributed by atoms with van der Waals surface area (Å²) in [6, 6.07) is 0. The van der Waals surface area contributed by atoms with Gasteiger partial charge in [0, 0.05) is 12.3 Å². The molecule has 0 unspecified atom stereocenters. The SMILES string of the molecule is C=CC[C@@H]1CC(=O)[C@H]2C[C@H](O[Si](C)(C)C(C)(C)C)[C@H](C(=O)OC)[C@@H](C(=O)OC)[C@@H]1C2=O. The lowest BCUT2D eigenvalue weighted by molar-refractivity contribution is -0.166. The molecule has 174 valence electrons. The average Bonchev–Trinajstić information content (AvgIpc) is 2.76. The molecule has 0 N–H and O–H groups in total. The maximum Gasteiger partial charge on any atom is 0.312 e. The zero-order valence-electron chi connectivity index (χ0n) is 19.7. The Morgan fingerprint density at radius 1 is 1.10 bits per heavy atom. The standard InChI is InChI=1S/C23H36O7Si/c1-9-10-13-11-15(24)14-12-16(30-31(7,8)23(2,3)4)18(21(26)28-5)19(22(27)29-6)17(13)20(14)25/h9,13-14,16-19H,1,10-12H2,2-8H3/t13-,14-,16+,17-,18+,19+/m1/s1. The minimum Gasteiger partial charge on any atom is -0.469 e. The van der Waals surface area contributed by atoms with Crippen LogP contribution in [-0.4, -0.2) is 52.1 Å². The van der Waals surface area contributed by atoms with Crippen molar-refractivity contribution in [2.24, 2.45) is 29.6 Å². The lowest BCUT2D eigenvalue weighted by Crippen LogP contribution is -2.51. The molecule has 6 atom stereocenters. The van der Waals surface area contributed by atoms with Crippen molar-refractivity contribution in [3.05, 3.63) is 12.7 Å². The predicted molar refractivity (Wildman–Crippen MR) is 118 cm³/mol. The maximum atomic E-state index is 13.5. The first-order chi connectivity index (χ1) is 14.3.